The maximum Gasteiger partial charge on any atom is 0.306 e. The van der Waals surface area contributed by atoms with E-state index in [4.69, 9.17) is 14.2 Å². The monoisotopic (exact) mass is 765 g/mol. The number of hydrogen-bond donors (Lipinski definition) is 0. The van der Waals surface area contributed by atoms with Crippen molar-refractivity contribution < 1.29 is 28.6 Å². The largest absolute Gasteiger partial charge is 0.462 e. The molecule has 1 unspecified atom stereocenters. The van der Waals surface area contributed by atoms with Crippen LogP contribution in [0.2, 0.25) is 0 Å². The molecule has 0 aromatic heterocycles. The molecule has 0 aliphatic rings. The van der Waals surface area contributed by atoms with Gasteiger partial charge < -0.3 is 14.2 Å². The SMILES string of the molecule is CC\C=C/C=C\C=C/C=C\C=C/CCCC(=O)OC(COC(=O)CCCCCCCC/C=C\C=C/CCCCC)COC(=O)CCCCCCCCCCC. The molecule has 0 saturated carbocycles. The zero-order chi connectivity index (χ0) is 40.1. The van der Waals surface area contributed by atoms with E-state index in [9.17, 15) is 14.4 Å². The average Bonchev–Trinajstić information content (AvgIpc) is 3.18. The Balaban J connectivity index is 4.51. The second-order valence-corrected chi connectivity index (χ2v) is 14.4. The van der Waals surface area contributed by atoms with Gasteiger partial charge in [-0.05, 0) is 57.8 Å². The molecule has 0 aliphatic heterocycles. The first-order valence-corrected chi connectivity index (χ1v) is 22.2. The minimum atomic E-state index is -0.814. The van der Waals surface area contributed by atoms with Gasteiger partial charge in [-0.1, -0.05) is 196 Å². The number of rotatable bonds is 38. The Morgan fingerprint density at radius 2 is 0.727 bits per heavy atom. The van der Waals surface area contributed by atoms with Crippen LogP contribution in [-0.4, -0.2) is 37.2 Å². The van der Waals surface area contributed by atoms with Gasteiger partial charge in [0.2, 0.25) is 0 Å². The van der Waals surface area contributed by atoms with Crippen molar-refractivity contribution in [2.24, 2.45) is 0 Å². The second kappa shape index (κ2) is 43.3. The molecule has 0 fully saturated rings. The fourth-order valence-electron chi connectivity index (χ4n) is 5.70. The van der Waals surface area contributed by atoms with E-state index in [0.29, 0.717) is 19.3 Å². The number of unbranched alkanes of at least 4 members (excludes halogenated alkanes) is 18. The molecule has 0 amide bonds. The predicted octanol–water partition coefficient (Wildman–Crippen LogP) is 14.1. The van der Waals surface area contributed by atoms with Crippen LogP contribution in [0, 0.1) is 0 Å². The average molecular weight is 765 g/mol. The van der Waals surface area contributed by atoms with E-state index in [1.165, 1.54) is 77.0 Å². The lowest BCUT2D eigenvalue weighted by Crippen LogP contribution is -2.30. The van der Waals surface area contributed by atoms with Gasteiger partial charge in [0, 0.05) is 19.3 Å². The van der Waals surface area contributed by atoms with Crippen LogP contribution < -0.4 is 0 Å². The third kappa shape index (κ3) is 41.6. The summed E-state index contributed by atoms with van der Waals surface area (Å²) in [5, 5.41) is 0. The Hall–Kier alpha value is -3.41. The van der Waals surface area contributed by atoms with Crippen LogP contribution in [0.25, 0.3) is 0 Å². The molecule has 312 valence electrons. The molecule has 0 bridgehead atoms. The normalized spacial score (nSPS) is 12.9. The number of hydrogen-bond acceptors (Lipinski definition) is 6. The van der Waals surface area contributed by atoms with Crippen LogP contribution in [0.5, 0.6) is 0 Å². The molecule has 0 heterocycles. The number of allylic oxidation sites excluding steroid dienone is 14. The van der Waals surface area contributed by atoms with Gasteiger partial charge >= 0.3 is 17.9 Å². The van der Waals surface area contributed by atoms with Gasteiger partial charge in [0.15, 0.2) is 6.10 Å². The summed E-state index contributed by atoms with van der Waals surface area (Å²) in [6.45, 7) is 6.34. The van der Waals surface area contributed by atoms with E-state index >= 15 is 0 Å². The summed E-state index contributed by atoms with van der Waals surface area (Å²) in [5.74, 6) is -1.01. The van der Waals surface area contributed by atoms with Gasteiger partial charge in [-0.15, -0.1) is 0 Å². The number of carbonyl (C=O) groups excluding carboxylic acids is 3. The fraction of sp³-hybridized carbons (Fsp3) is 0.653. The van der Waals surface area contributed by atoms with Crippen molar-refractivity contribution in [1.29, 1.82) is 0 Å². The lowest BCUT2D eigenvalue weighted by Gasteiger charge is -2.18. The van der Waals surface area contributed by atoms with E-state index in [-0.39, 0.29) is 37.5 Å². The Kier molecular flexibility index (Phi) is 40.6. The Labute approximate surface area is 337 Å². The predicted molar refractivity (Wildman–Crippen MR) is 233 cm³/mol. The third-order valence-electron chi connectivity index (χ3n) is 9.04. The summed E-state index contributed by atoms with van der Waals surface area (Å²) < 4.78 is 16.6. The quantitative estimate of drug-likeness (QED) is 0.0270. The molecule has 0 aliphatic carbocycles. The summed E-state index contributed by atoms with van der Waals surface area (Å²) in [7, 11) is 0. The molecule has 55 heavy (non-hydrogen) atoms. The molecule has 0 saturated heterocycles. The van der Waals surface area contributed by atoms with Gasteiger partial charge in [-0.3, -0.25) is 14.4 Å². The number of esters is 3. The zero-order valence-electron chi connectivity index (χ0n) is 35.4. The van der Waals surface area contributed by atoms with Crippen molar-refractivity contribution in [2.75, 3.05) is 13.2 Å². The van der Waals surface area contributed by atoms with Crippen LogP contribution in [-0.2, 0) is 28.6 Å². The molecule has 1 atom stereocenters. The summed E-state index contributed by atoms with van der Waals surface area (Å²) in [4.78, 5) is 37.6. The first-order valence-electron chi connectivity index (χ1n) is 22.2. The summed E-state index contributed by atoms with van der Waals surface area (Å²) >= 11 is 0. The van der Waals surface area contributed by atoms with E-state index in [0.717, 1.165) is 64.2 Å². The Morgan fingerprint density at radius 1 is 0.382 bits per heavy atom. The van der Waals surface area contributed by atoms with Crippen molar-refractivity contribution in [1.82, 2.24) is 0 Å². The number of ether oxygens (including phenoxy) is 3. The standard InChI is InChI=1S/C49H80O6/c1-4-7-10-13-16-19-21-23-24-26-27-30-33-36-39-42-48(51)54-45-46(44-53-47(50)41-38-35-32-29-18-15-12-9-6-3)55-49(52)43-40-37-34-31-28-25-22-20-17-14-11-8-5-2/h8,11,14,16-17,19-23,25,28,31,34,46H,4-7,9-10,12-13,15,18,24,26-27,29-30,32-33,35-45H2,1-3H3/b11-8-,17-14-,19-16-,22-20-,23-21-,28-25-,34-31-. The molecule has 0 N–H and O–H groups in total. The Bertz CT molecular complexity index is 1110. The molecule has 0 spiro atoms. The molecule has 0 aromatic carbocycles. The molecular weight excluding hydrogens is 685 g/mol. The summed E-state index contributed by atoms with van der Waals surface area (Å²) in [6, 6.07) is 0. The highest BCUT2D eigenvalue weighted by Crippen LogP contribution is 2.13. The summed E-state index contributed by atoms with van der Waals surface area (Å²) in [6.07, 6.45) is 54.3. The highest BCUT2D eigenvalue weighted by molar-refractivity contribution is 5.71. The zero-order valence-corrected chi connectivity index (χ0v) is 35.4. The lowest BCUT2D eigenvalue weighted by molar-refractivity contribution is -0.167. The van der Waals surface area contributed by atoms with Crippen LogP contribution >= 0.6 is 0 Å². The minimum Gasteiger partial charge on any atom is -0.462 e. The highest BCUT2D eigenvalue weighted by atomic mass is 16.6. The van der Waals surface area contributed by atoms with Crippen LogP contribution in [0.4, 0.5) is 0 Å². The molecular formula is C49H80O6. The van der Waals surface area contributed by atoms with Crippen molar-refractivity contribution in [3.8, 4) is 0 Å². The third-order valence-corrected chi connectivity index (χ3v) is 9.04. The first kappa shape index (κ1) is 51.6. The number of carbonyl (C=O) groups is 3. The first-order chi connectivity index (χ1) is 27.0. The van der Waals surface area contributed by atoms with Crippen molar-refractivity contribution in [3.63, 3.8) is 0 Å². The second-order valence-electron chi connectivity index (χ2n) is 14.4. The van der Waals surface area contributed by atoms with Crippen LogP contribution in [0.15, 0.2) is 85.1 Å². The van der Waals surface area contributed by atoms with Gasteiger partial charge in [-0.2, -0.15) is 0 Å². The molecule has 0 aromatic rings. The maximum absolute atomic E-state index is 12.7. The molecule has 6 heteroatoms. The van der Waals surface area contributed by atoms with Crippen molar-refractivity contribution in [2.45, 2.75) is 194 Å². The van der Waals surface area contributed by atoms with E-state index in [1.807, 2.05) is 54.7 Å². The van der Waals surface area contributed by atoms with E-state index in [2.05, 4.69) is 51.2 Å². The van der Waals surface area contributed by atoms with Crippen LogP contribution in [0.3, 0.4) is 0 Å². The van der Waals surface area contributed by atoms with Gasteiger partial charge in [0.1, 0.15) is 13.2 Å². The lowest BCUT2D eigenvalue weighted by atomic mass is 10.1. The van der Waals surface area contributed by atoms with E-state index < -0.39 is 6.10 Å². The topological polar surface area (TPSA) is 78.9 Å². The molecule has 0 radical (unpaired) electrons. The van der Waals surface area contributed by atoms with Crippen LogP contribution in [0.1, 0.15) is 188 Å². The molecule has 6 nitrogen and oxygen atoms in total. The van der Waals surface area contributed by atoms with Gasteiger partial charge in [0.05, 0.1) is 0 Å². The van der Waals surface area contributed by atoms with E-state index in [1.54, 1.807) is 0 Å². The summed E-state index contributed by atoms with van der Waals surface area (Å²) in [5.41, 5.74) is 0. The Morgan fingerprint density at radius 3 is 1.22 bits per heavy atom. The highest BCUT2D eigenvalue weighted by Gasteiger charge is 2.19. The van der Waals surface area contributed by atoms with Crippen molar-refractivity contribution >= 4 is 17.9 Å². The minimum absolute atomic E-state index is 0.109. The van der Waals surface area contributed by atoms with Gasteiger partial charge in [-0.25, -0.2) is 0 Å². The van der Waals surface area contributed by atoms with Gasteiger partial charge in [0.25, 0.3) is 0 Å². The smallest absolute Gasteiger partial charge is 0.306 e. The fourth-order valence-corrected chi connectivity index (χ4v) is 5.70. The molecule has 0 rings (SSSR count). The van der Waals surface area contributed by atoms with Crippen molar-refractivity contribution in [3.05, 3.63) is 85.1 Å². The maximum atomic E-state index is 12.7.